The summed E-state index contributed by atoms with van der Waals surface area (Å²) >= 11 is 1.54. The highest BCUT2D eigenvalue weighted by Gasteiger charge is 2.30. The normalized spacial score (nSPS) is 20.7. The Kier molecular flexibility index (Phi) is 4.80. The second kappa shape index (κ2) is 7.37. The molecule has 1 amide bonds. The molecule has 8 heteroatoms. The molecule has 4 rings (SSSR count). The number of carbonyl (C=O) groups is 1. The van der Waals surface area contributed by atoms with Crippen LogP contribution in [0, 0.1) is 0 Å². The number of carbonyl (C=O) groups excluding carboxylic acids is 1. The molecule has 0 aromatic carbocycles. The SMILES string of the molecule is O=C(c1ccsc1)N1CCC(Oc2nccnc2N2CCOCC2)C1. The topological polar surface area (TPSA) is 67.8 Å². The van der Waals surface area contributed by atoms with Gasteiger partial charge >= 0.3 is 0 Å². The van der Waals surface area contributed by atoms with E-state index in [1.807, 2.05) is 21.7 Å². The van der Waals surface area contributed by atoms with Crippen molar-refractivity contribution in [2.24, 2.45) is 0 Å². The van der Waals surface area contributed by atoms with Gasteiger partial charge in [0.25, 0.3) is 11.8 Å². The van der Waals surface area contributed by atoms with Crippen LogP contribution in [0.25, 0.3) is 0 Å². The number of anilines is 1. The van der Waals surface area contributed by atoms with Gasteiger partial charge in [0.15, 0.2) is 5.82 Å². The van der Waals surface area contributed by atoms with E-state index in [1.165, 1.54) is 11.3 Å². The molecule has 1 unspecified atom stereocenters. The zero-order valence-electron chi connectivity index (χ0n) is 13.8. The maximum absolute atomic E-state index is 12.4. The van der Waals surface area contributed by atoms with Crippen molar-refractivity contribution < 1.29 is 14.3 Å². The lowest BCUT2D eigenvalue weighted by molar-refractivity contribution is 0.0771. The summed E-state index contributed by atoms with van der Waals surface area (Å²) in [6.45, 7) is 4.20. The van der Waals surface area contributed by atoms with Crippen LogP contribution in [-0.4, -0.2) is 66.3 Å². The molecule has 25 heavy (non-hydrogen) atoms. The van der Waals surface area contributed by atoms with Crippen LogP contribution in [-0.2, 0) is 4.74 Å². The lowest BCUT2D eigenvalue weighted by atomic mass is 10.3. The van der Waals surface area contributed by atoms with Crippen molar-refractivity contribution in [3.8, 4) is 5.88 Å². The largest absolute Gasteiger partial charge is 0.470 e. The third-order valence-electron chi connectivity index (χ3n) is 4.44. The van der Waals surface area contributed by atoms with Gasteiger partial charge in [0.2, 0.25) is 0 Å². The molecule has 4 heterocycles. The van der Waals surface area contributed by atoms with Crippen molar-refractivity contribution in [1.82, 2.24) is 14.9 Å². The van der Waals surface area contributed by atoms with Crippen molar-refractivity contribution in [2.75, 3.05) is 44.3 Å². The van der Waals surface area contributed by atoms with E-state index in [9.17, 15) is 4.79 Å². The zero-order chi connectivity index (χ0) is 17.1. The number of likely N-dealkylation sites (tertiary alicyclic amines) is 1. The number of ether oxygens (including phenoxy) is 2. The Morgan fingerprint density at radius 3 is 2.88 bits per heavy atom. The fraction of sp³-hybridized carbons (Fsp3) is 0.471. The molecule has 2 fully saturated rings. The number of hydrogen-bond acceptors (Lipinski definition) is 7. The highest BCUT2D eigenvalue weighted by atomic mass is 32.1. The predicted molar refractivity (Wildman–Crippen MR) is 94.3 cm³/mol. The van der Waals surface area contributed by atoms with E-state index in [2.05, 4.69) is 14.9 Å². The van der Waals surface area contributed by atoms with E-state index in [1.54, 1.807) is 12.4 Å². The molecule has 0 bridgehead atoms. The van der Waals surface area contributed by atoms with E-state index >= 15 is 0 Å². The molecule has 7 nitrogen and oxygen atoms in total. The first-order valence-corrected chi connectivity index (χ1v) is 9.37. The molecule has 2 saturated heterocycles. The van der Waals surface area contributed by atoms with E-state index in [-0.39, 0.29) is 12.0 Å². The van der Waals surface area contributed by atoms with Gasteiger partial charge in [0, 0.05) is 43.8 Å². The summed E-state index contributed by atoms with van der Waals surface area (Å²) in [6.07, 6.45) is 4.06. The maximum Gasteiger partial charge on any atom is 0.257 e. The summed E-state index contributed by atoms with van der Waals surface area (Å²) in [5.74, 6) is 1.37. The third-order valence-corrected chi connectivity index (χ3v) is 5.12. The second-order valence-electron chi connectivity index (χ2n) is 6.08. The number of rotatable bonds is 4. The molecule has 132 valence electrons. The molecule has 0 saturated carbocycles. The van der Waals surface area contributed by atoms with Crippen LogP contribution in [0.5, 0.6) is 5.88 Å². The minimum Gasteiger partial charge on any atom is -0.470 e. The predicted octanol–water partition coefficient (Wildman–Crippen LogP) is 1.67. The monoisotopic (exact) mass is 360 g/mol. The number of aromatic nitrogens is 2. The molecule has 2 aliphatic heterocycles. The third kappa shape index (κ3) is 3.59. The van der Waals surface area contributed by atoms with Crippen LogP contribution in [0.4, 0.5) is 5.82 Å². The zero-order valence-corrected chi connectivity index (χ0v) is 14.7. The standard InChI is InChI=1S/C17H20N4O3S/c22-17(13-2-10-25-12-13)21-5-1-14(11-21)24-16-15(18-3-4-19-16)20-6-8-23-9-7-20/h2-4,10,12,14H,1,5-9,11H2. The van der Waals surface area contributed by atoms with Crippen molar-refractivity contribution in [1.29, 1.82) is 0 Å². The van der Waals surface area contributed by atoms with Crippen molar-refractivity contribution in [3.05, 3.63) is 34.8 Å². The van der Waals surface area contributed by atoms with Gasteiger partial charge in [-0.3, -0.25) is 4.79 Å². The summed E-state index contributed by atoms with van der Waals surface area (Å²) in [6, 6.07) is 1.86. The van der Waals surface area contributed by atoms with E-state index in [4.69, 9.17) is 9.47 Å². The quantitative estimate of drug-likeness (QED) is 0.826. The Hall–Kier alpha value is -2.19. The molecular weight excluding hydrogens is 340 g/mol. The minimum atomic E-state index is -0.0564. The summed E-state index contributed by atoms with van der Waals surface area (Å²) in [7, 11) is 0. The molecule has 2 aliphatic rings. The first-order chi connectivity index (χ1) is 12.3. The molecule has 2 aromatic heterocycles. The van der Waals surface area contributed by atoms with Crippen molar-refractivity contribution >= 4 is 23.1 Å². The molecule has 0 N–H and O–H groups in total. The number of amides is 1. The van der Waals surface area contributed by atoms with Gasteiger partial charge in [-0.05, 0) is 11.4 Å². The van der Waals surface area contributed by atoms with E-state index < -0.39 is 0 Å². The molecule has 0 aliphatic carbocycles. The molecule has 2 aromatic rings. The summed E-state index contributed by atoms with van der Waals surface area (Å²) in [5.41, 5.74) is 0.749. The average Bonchev–Trinajstić information content (AvgIpc) is 3.35. The smallest absolute Gasteiger partial charge is 0.257 e. The highest BCUT2D eigenvalue weighted by molar-refractivity contribution is 7.08. The number of nitrogens with zero attached hydrogens (tertiary/aromatic N) is 4. The molecule has 1 atom stereocenters. The Balaban J connectivity index is 1.42. The summed E-state index contributed by atoms with van der Waals surface area (Å²) < 4.78 is 11.5. The van der Waals surface area contributed by atoms with Gasteiger partial charge in [-0.1, -0.05) is 0 Å². The second-order valence-corrected chi connectivity index (χ2v) is 6.86. The summed E-state index contributed by atoms with van der Waals surface area (Å²) in [4.78, 5) is 25.2. The Morgan fingerprint density at radius 1 is 1.24 bits per heavy atom. The molecule has 0 spiro atoms. The Labute approximate surface area is 150 Å². The summed E-state index contributed by atoms with van der Waals surface area (Å²) in [5, 5.41) is 3.81. The van der Waals surface area contributed by atoms with Crippen LogP contribution in [0.3, 0.4) is 0 Å². The van der Waals surface area contributed by atoms with Gasteiger partial charge in [-0.2, -0.15) is 11.3 Å². The van der Waals surface area contributed by atoms with E-state index in [0.717, 1.165) is 30.9 Å². The van der Waals surface area contributed by atoms with Crippen LogP contribution in [0.1, 0.15) is 16.8 Å². The lowest BCUT2D eigenvalue weighted by Crippen LogP contribution is -2.37. The van der Waals surface area contributed by atoms with Gasteiger partial charge in [-0.15, -0.1) is 0 Å². The van der Waals surface area contributed by atoms with Crippen LogP contribution in [0.15, 0.2) is 29.2 Å². The Morgan fingerprint density at radius 2 is 2.08 bits per heavy atom. The first kappa shape index (κ1) is 16.3. The maximum atomic E-state index is 12.4. The fourth-order valence-corrected chi connectivity index (χ4v) is 3.76. The average molecular weight is 360 g/mol. The number of hydrogen-bond donors (Lipinski definition) is 0. The number of morpholine rings is 1. The molecular formula is C17H20N4O3S. The van der Waals surface area contributed by atoms with Gasteiger partial charge in [0.05, 0.1) is 25.3 Å². The Bertz CT molecular complexity index is 718. The lowest BCUT2D eigenvalue weighted by Gasteiger charge is -2.29. The van der Waals surface area contributed by atoms with Crippen molar-refractivity contribution in [3.63, 3.8) is 0 Å². The van der Waals surface area contributed by atoms with Gasteiger partial charge in [-0.25, -0.2) is 9.97 Å². The fourth-order valence-electron chi connectivity index (χ4n) is 3.13. The van der Waals surface area contributed by atoms with Crippen molar-refractivity contribution in [2.45, 2.75) is 12.5 Å². The number of thiophene rings is 1. The first-order valence-electron chi connectivity index (χ1n) is 8.43. The highest BCUT2D eigenvalue weighted by Crippen LogP contribution is 2.27. The van der Waals surface area contributed by atoms with Crippen LogP contribution in [0.2, 0.25) is 0 Å². The van der Waals surface area contributed by atoms with Crippen LogP contribution >= 0.6 is 11.3 Å². The molecule has 0 radical (unpaired) electrons. The van der Waals surface area contributed by atoms with Gasteiger partial charge < -0.3 is 19.3 Å². The van der Waals surface area contributed by atoms with Crippen LogP contribution < -0.4 is 9.64 Å². The van der Waals surface area contributed by atoms with E-state index in [0.29, 0.717) is 32.2 Å². The minimum absolute atomic E-state index is 0.0564. The van der Waals surface area contributed by atoms with Gasteiger partial charge in [0.1, 0.15) is 6.10 Å².